The average Bonchev–Trinajstić information content (AvgIpc) is 3.19. The minimum atomic E-state index is -2.93. The molecule has 1 aromatic rings. The van der Waals surface area contributed by atoms with Gasteiger partial charge < -0.3 is 14.8 Å². The largest absolute Gasteiger partial charge is 0.493 e. The van der Waals surface area contributed by atoms with E-state index in [2.05, 4.69) is 15.0 Å². The highest BCUT2D eigenvalue weighted by atomic mass is 32.2. The lowest BCUT2D eigenvalue weighted by atomic mass is 10.2. The molecule has 1 heterocycles. The van der Waals surface area contributed by atoms with Crippen molar-refractivity contribution in [1.29, 1.82) is 0 Å². The second kappa shape index (κ2) is 7.86. The number of nitrogens with one attached hydrogen (secondary N) is 1. The number of carbonyl (C=O) groups excluding carboxylic acids is 1. The minimum Gasteiger partial charge on any atom is -0.493 e. The molecule has 0 unspecified atom stereocenters. The van der Waals surface area contributed by atoms with E-state index in [0.29, 0.717) is 15.6 Å². The molecule has 1 N–H and O–H groups in total. The fraction of sp³-hybridized carbons (Fsp3) is 0.412. The Kier molecular flexibility index (Phi) is 5.57. The molecule has 134 valence electrons. The number of carbonyl (C=O) groups is 1. The molecule has 3 rings (SSSR count). The summed E-state index contributed by atoms with van der Waals surface area (Å²) in [7, 11) is 1.37. The van der Waals surface area contributed by atoms with Crippen LogP contribution in [-0.2, 0) is 4.79 Å². The van der Waals surface area contributed by atoms with E-state index >= 15 is 0 Å². The summed E-state index contributed by atoms with van der Waals surface area (Å²) in [4.78, 5) is 17.2. The number of alkyl halides is 2. The first-order valence-corrected chi connectivity index (χ1v) is 8.78. The minimum absolute atomic E-state index is 0.0494. The van der Waals surface area contributed by atoms with Gasteiger partial charge in [0.05, 0.1) is 18.1 Å². The number of methoxy groups -OCH3 is 1. The van der Waals surface area contributed by atoms with Crippen LogP contribution in [0.25, 0.3) is 6.08 Å². The molecular formula is C17H18F2N2O3S. The van der Waals surface area contributed by atoms with Crippen molar-refractivity contribution in [2.75, 3.05) is 7.11 Å². The van der Waals surface area contributed by atoms with E-state index in [1.54, 1.807) is 18.2 Å². The molecule has 25 heavy (non-hydrogen) atoms. The SMILES string of the molecule is COc1cc(/C=C2\SC(=NC3CCCC3)NC2=O)ccc1OC(F)F. The Hall–Kier alpha value is -2.09. The van der Waals surface area contributed by atoms with Crippen molar-refractivity contribution >= 4 is 28.9 Å². The lowest BCUT2D eigenvalue weighted by molar-refractivity contribution is -0.115. The van der Waals surface area contributed by atoms with Crippen molar-refractivity contribution in [3.05, 3.63) is 28.7 Å². The van der Waals surface area contributed by atoms with Crippen molar-refractivity contribution < 1.29 is 23.0 Å². The summed E-state index contributed by atoms with van der Waals surface area (Å²) < 4.78 is 34.2. The van der Waals surface area contributed by atoms with E-state index in [0.717, 1.165) is 12.8 Å². The third kappa shape index (κ3) is 4.50. The molecule has 0 spiro atoms. The molecule has 1 saturated carbocycles. The van der Waals surface area contributed by atoms with Crippen LogP contribution < -0.4 is 14.8 Å². The molecule has 1 aliphatic heterocycles. The zero-order chi connectivity index (χ0) is 17.8. The van der Waals surface area contributed by atoms with Gasteiger partial charge in [-0.05, 0) is 48.4 Å². The number of aliphatic imine (C=N–C) groups is 1. The van der Waals surface area contributed by atoms with Crippen LogP contribution in [0.15, 0.2) is 28.1 Å². The topological polar surface area (TPSA) is 59.9 Å². The van der Waals surface area contributed by atoms with Crippen LogP contribution >= 0.6 is 11.8 Å². The van der Waals surface area contributed by atoms with E-state index < -0.39 is 6.61 Å². The maximum absolute atomic E-state index is 12.4. The van der Waals surface area contributed by atoms with Gasteiger partial charge in [0.25, 0.3) is 5.91 Å². The number of nitrogens with zero attached hydrogens (tertiary/aromatic N) is 1. The molecule has 2 fully saturated rings. The summed E-state index contributed by atoms with van der Waals surface area (Å²) in [5.41, 5.74) is 0.651. The number of amidine groups is 1. The first-order valence-electron chi connectivity index (χ1n) is 7.96. The highest BCUT2D eigenvalue weighted by molar-refractivity contribution is 8.18. The predicted molar refractivity (Wildman–Crippen MR) is 93.0 cm³/mol. The second-order valence-corrected chi connectivity index (χ2v) is 6.76. The Morgan fingerprint density at radius 1 is 1.32 bits per heavy atom. The number of hydrogen-bond acceptors (Lipinski definition) is 5. The summed E-state index contributed by atoms with van der Waals surface area (Å²) in [5, 5.41) is 3.39. The third-order valence-electron chi connectivity index (χ3n) is 3.98. The molecule has 2 aliphatic rings. The summed E-state index contributed by atoms with van der Waals surface area (Å²) in [5.74, 6) is -0.0850. The van der Waals surface area contributed by atoms with Crippen molar-refractivity contribution in [3.8, 4) is 11.5 Å². The van der Waals surface area contributed by atoms with Gasteiger partial charge in [-0.2, -0.15) is 8.78 Å². The van der Waals surface area contributed by atoms with Crippen LogP contribution in [0.3, 0.4) is 0 Å². The quantitative estimate of drug-likeness (QED) is 0.803. The van der Waals surface area contributed by atoms with E-state index in [-0.39, 0.29) is 23.4 Å². The molecule has 1 aliphatic carbocycles. The number of hydrogen-bond donors (Lipinski definition) is 1. The Bertz CT molecular complexity index is 716. The molecule has 5 nitrogen and oxygen atoms in total. The maximum Gasteiger partial charge on any atom is 0.387 e. The lowest BCUT2D eigenvalue weighted by Gasteiger charge is -2.10. The van der Waals surface area contributed by atoms with Gasteiger partial charge in [0.15, 0.2) is 16.7 Å². The monoisotopic (exact) mass is 368 g/mol. The molecule has 8 heteroatoms. The molecule has 1 amide bonds. The van der Waals surface area contributed by atoms with Crippen LogP contribution in [0.4, 0.5) is 8.78 Å². The Morgan fingerprint density at radius 2 is 2.08 bits per heavy atom. The van der Waals surface area contributed by atoms with Gasteiger partial charge in [-0.15, -0.1) is 0 Å². The molecule has 0 aromatic heterocycles. The number of benzene rings is 1. The number of rotatable bonds is 5. The van der Waals surface area contributed by atoms with Gasteiger partial charge in [0.1, 0.15) is 0 Å². The highest BCUT2D eigenvalue weighted by Crippen LogP contribution is 2.33. The fourth-order valence-electron chi connectivity index (χ4n) is 2.81. The molecule has 1 aromatic carbocycles. The van der Waals surface area contributed by atoms with Gasteiger partial charge in [-0.3, -0.25) is 9.79 Å². The Morgan fingerprint density at radius 3 is 2.76 bits per heavy atom. The standard InChI is InChI=1S/C17H18F2N2O3S/c1-23-13-8-10(6-7-12(13)24-16(18)19)9-14-15(22)21-17(25-14)20-11-4-2-3-5-11/h6-9,11,16H,2-5H2,1H3,(H,20,21,22)/b14-9-. The Balaban J connectivity index is 1.77. The highest BCUT2D eigenvalue weighted by Gasteiger charge is 2.25. The summed E-state index contributed by atoms with van der Waals surface area (Å²) in [6.07, 6.45) is 6.14. The predicted octanol–water partition coefficient (Wildman–Crippen LogP) is 3.80. The van der Waals surface area contributed by atoms with Crippen LogP contribution in [-0.4, -0.2) is 30.8 Å². The van der Waals surface area contributed by atoms with Crippen LogP contribution in [0.2, 0.25) is 0 Å². The number of halogens is 2. The summed E-state index contributed by atoms with van der Waals surface area (Å²) >= 11 is 1.29. The van der Waals surface area contributed by atoms with Crippen LogP contribution in [0, 0.1) is 0 Å². The van der Waals surface area contributed by atoms with E-state index in [9.17, 15) is 13.6 Å². The van der Waals surface area contributed by atoms with E-state index in [1.807, 2.05) is 0 Å². The number of amides is 1. The maximum atomic E-state index is 12.4. The van der Waals surface area contributed by atoms with Crippen molar-refractivity contribution in [3.63, 3.8) is 0 Å². The summed E-state index contributed by atoms with van der Waals surface area (Å²) in [6.45, 7) is -2.93. The zero-order valence-corrected chi connectivity index (χ0v) is 14.4. The first kappa shape index (κ1) is 17.7. The summed E-state index contributed by atoms with van der Waals surface area (Å²) in [6, 6.07) is 4.81. The van der Waals surface area contributed by atoms with Crippen LogP contribution in [0.5, 0.6) is 11.5 Å². The molecular weight excluding hydrogens is 350 g/mol. The van der Waals surface area contributed by atoms with Crippen molar-refractivity contribution in [2.24, 2.45) is 4.99 Å². The fourth-order valence-corrected chi connectivity index (χ4v) is 3.70. The van der Waals surface area contributed by atoms with Crippen LogP contribution in [0.1, 0.15) is 31.2 Å². The van der Waals surface area contributed by atoms with Gasteiger partial charge in [-0.25, -0.2) is 0 Å². The van der Waals surface area contributed by atoms with E-state index in [4.69, 9.17) is 4.74 Å². The third-order valence-corrected chi connectivity index (χ3v) is 4.90. The lowest BCUT2D eigenvalue weighted by Crippen LogP contribution is -2.21. The molecule has 0 atom stereocenters. The Labute approximate surface area is 148 Å². The average molecular weight is 368 g/mol. The van der Waals surface area contributed by atoms with Gasteiger partial charge in [0, 0.05) is 0 Å². The molecule has 0 bridgehead atoms. The van der Waals surface area contributed by atoms with Gasteiger partial charge in [0.2, 0.25) is 0 Å². The van der Waals surface area contributed by atoms with Gasteiger partial charge >= 0.3 is 6.61 Å². The smallest absolute Gasteiger partial charge is 0.387 e. The normalized spacial score (nSPS) is 21.4. The number of thioether (sulfide) groups is 1. The second-order valence-electron chi connectivity index (χ2n) is 5.73. The number of ether oxygens (including phenoxy) is 2. The van der Waals surface area contributed by atoms with Gasteiger partial charge in [-0.1, -0.05) is 18.9 Å². The molecule has 0 radical (unpaired) electrons. The van der Waals surface area contributed by atoms with Crippen molar-refractivity contribution in [2.45, 2.75) is 38.3 Å². The van der Waals surface area contributed by atoms with Crippen molar-refractivity contribution in [1.82, 2.24) is 5.32 Å². The molecule has 1 saturated heterocycles. The zero-order valence-electron chi connectivity index (χ0n) is 13.6. The van der Waals surface area contributed by atoms with E-state index in [1.165, 1.54) is 37.8 Å². The first-order chi connectivity index (χ1) is 12.0.